The van der Waals surface area contributed by atoms with E-state index < -0.39 is 0 Å². The largest absolute Gasteiger partial charge is 0.488 e. The van der Waals surface area contributed by atoms with Crippen molar-refractivity contribution >= 4 is 11.6 Å². The predicted molar refractivity (Wildman–Crippen MR) is 70.9 cm³/mol. The molecule has 0 radical (unpaired) electrons. The minimum atomic E-state index is -0.363. The molecule has 0 aromatic heterocycles. The summed E-state index contributed by atoms with van der Waals surface area (Å²) in [6.07, 6.45) is 0.927. The van der Waals surface area contributed by atoms with Crippen LogP contribution in [0.25, 0.3) is 0 Å². The van der Waals surface area contributed by atoms with Crippen LogP contribution >= 0.6 is 11.6 Å². The fourth-order valence-corrected chi connectivity index (χ4v) is 1.69. The SMILES string of the molecule is COCCCNCC(C)Oc1ccc(F)cc1Cl. The molecule has 0 aliphatic heterocycles. The van der Waals surface area contributed by atoms with Crippen molar-refractivity contribution in [1.82, 2.24) is 5.32 Å². The van der Waals surface area contributed by atoms with Crippen LogP contribution in [-0.4, -0.2) is 32.9 Å². The Bertz CT molecular complexity index is 363. The van der Waals surface area contributed by atoms with Crippen LogP contribution in [0, 0.1) is 5.82 Å². The molecule has 1 unspecified atom stereocenters. The Labute approximate surface area is 112 Å². The van der Waals surface area contributed by atoms with Gasteiger partial charge in [0.05, 0.1) is 5.02 Å². The number of methoxy groups -OCH3 is 1. The molecule has 0 fully saturated rings. The van der Waals surface area contributed by atoms with Gasteiger partial charge in [-0.25, -0.2) is 4.39 Å². The lowest BCUT2D eigenvalue weighted by molar-refractivity contribution is 0.188. The summed E-state index contributed by atoms with van der Waals surface area (Å²) in [6.45, 7) is 4.26. The van der Waals surface area contributed by atoms with Gasteiger partial charge >= 0.3 is 0 Å². The van der Waals surface area contributed by atoms with E-state index in [0.717, 1.165) is 19.6 Å². The van der Waals surface area contributed by atoms with Crippen molar-refractivity contribution in [1.29, 1.82) is 0 Å². The van der Waals surface area contributed by atoms with Crippen molar-refractivity contribution in [3.63, 3.8) is 0 Å². The first-order valence-corrected chi connectivity index (χ1v) is 6.32. The van der Waals surface area contributed by atoms with Crippen molar-refractivity contribution in [3.05, 3.63) is 29.0 Å². The number of rotatable bonds is 8. The Balaban J connectivity index is 2.28. The van der Waals surface area contributed by atoms with Crippen LogP contribution < -0.4 is 10.1 Å². The average molecular weight is 276 g/mol. The van der Waals surface area contributed by atoms with Gasteiger partial charge in [0.15, 0.2) is 0 Å². The molecule has 1 atom stereocenters. The Morgan fingerprint density at radius 2 is 2.22 bits per heavy atom. The maximum atomic E-state index is 12.8. The van der Waals surface area contributed by atoms with Crippen molar-refractivity contribution in [2.24, 2.45) is 0 Å². The van der Waals surface area contributed by atoms with Gasteiger partial charge in [-0.1, -0.05) is 11.6 Å². The van der Waals surface area contributed by atoms with Gasteiger partial charge in [0.1, 0.15) is 17.7 Å². The highest BCUT2D eigenvalue weighted by atomic mass is 35.5. The highest BCUT2D eigenvalue weighted by molar-refractivity contribution is 6.32. The van der Waals surface area contributed by atoms with Gasteiger partial charge in [-0.2, -0.15) is 0 Å². The van der Waals surface area contributed by atoms with Crippen LogP contribution in [0.5, 0.6) is 5.75 Å². The summed E-state index contributed by atoms with van der Waals surface area (Å²) in [4.78, 5) is 0. The third-order valence-electron chi connectivity index (χ3n) is 2.36. The van der Waals surface area contributed by atoms with Crippen LogP contribution in [0.3, 0.4) is 0 Å². The van der Waals surface area contributed by atoms with E-state index in [1.807, 2.05) is 6.92 Å². The normalized spacial score (nSPS) is 12.4. The van der Waals surface area contributed by atoms with Crippen LogP contribution in [0.15, 0.2) is 18.2 Å². The minimum absolute atomic E-state index is 0.0319. The van der Waals surface area contributed by atoms with E-state index in [9.17, 15) is 4.39 Å². The molecular weight excluding hydrogens is 257 g/mol. The van der Waals surface area contributed by atoms with E-state index in [4.69, 9.17) is 21.1 Å². The van der Waals surface area contributed by atoms with Gasteiger partial charge in [-0.15, -0.1) is 0 Å². The Kier molecular flexibility index (Phi) is 7.01. The summed E-state index contributed by atoms with van der Waals surface area (Å²) in [5.74, 6) is 0.141. The highest BCUT2D eigenvalue weighted by Gasteiger charge is 2.07. The van der Waals surface area contributed by atoms with Gasteiger partial charge in [-0.3, -0.25) is 0 Å². The maximum Gasteiger partial charge on any atom is 0.138 e. The molecule has 0 bridgehead atoms. The Hall–Kier alpha value is -0.840. The van der Waals surface area contributed by atoms with Crippen molar-refractivity contribution in [3.8, 4) is 5.75 Å². The lowest BCUT2D eigenvalue weighted by Gasteiger charge is -2.16. The van der Waals surface area contributed by atoms with Gasteiger partial charge < -0.3 is 14.8 Å². The fraction of sp³-hybridized carbons (Fsp3) is 0.538. The summed E-state index contributed by atoms with van der Waals surface area (Å²) >= 11 is 5.87. The van der Waals surface area contributed by atoms with Gasteiger partial charge in [0.25, 0.3) is 0 Å². The first-order chi connectivity index (χ1) is 8.63. The van der Waals surface area contributed by atoms with Crippen molar-refractivity contribution < 1.29 is 13.9 Å². The average Bonchev–Trinajstić information content (AvgIpc) is 2.32. The zero-order valence-electron chi connectivity index (χ0n) is 10.7. The molecule has 5 heteroatoms. The topological polar surface area (TPSA) is 30.5 Å². The van der Waals surface area contributed by atoms with Crippen LogP contribution in [0.2, 0.25) is 5.02 Å². The van der Waals surface area contributed by atoms with E-state index in [0.29, 0.717) is 17.3 Å². The van der Waals surface area contributed by atoms with Crippen molar-refractivity contribution in [2.75, 3.05) is 26.8 Å². The van der Waals surface area contributed by atoms with Gasteiger partial charge in [0, 0.05) is 20.3 Å². The summed E-state index contributed by atoms with van der Waals surface area (Å²) in [5.41, 5.74) is 0. The number of hydrogen-bond donors (Lipinski definition) is 1. The van der Waals surface area contributed by atoms with E-state index in [1.54, 1.807) is 13.2 Å². The van der Waals surface area contributed by atoms with E-state index in [2.05, 4.69) is 5.32 Å². The number of benzene rings is 1. The summed E-state index contributed by atoms with van der Waals surface area (Å²) in [7, 11) is 1.68. The first kappa shape index (κ1) is 15.2. The van der Waals surface area contributed by atoms with E-state index >= 15 is 0 Å². The zero-order valence-corrected chi connectivity index (χ0v) is 11.5. The van der Waals surface area contributed by atoms with E-state index in [-0.39, 0.29) is 11.9 Å². The van der Waals surface area contributed by atoms with Crippen molar-refractivity contribution in [2.45, 2.75) is 19.4 Å². The molecule has 0 aliphatic rings. The molecule has 0 heterocycles. The molecule has 1 rings (SSSR count). The number of hydrogen-bond acceptors (Lipinski definition) is 3. The van der Waals surface area contributed by atoms with E-state index in [1.165, 1.54) is 12.1 Å². The maximum absolute atomic E-state index is 12.8. The highest BCUT2D eigenvalue weighted by Crippen LogP contribution is 2.25. The summed E-state index contributed by atoms with van der Waals surface area (Å²) < 4.78 is 23.4. The van der Waals surface area contributed by atoms with Crippen LogP contribution in [0.1, 0.15) is 13.3 Å². The second-order valence-corrected chi connectivity index (χ2v) is 4.46. The summed E-state index contributed by atoms with van der Waals surface area (Å²) in [5, 5.41) is 3.54. The van der Waals surface area contributed by atoms with Crippen LogP contribution in [-0.2, 0) is 4.74 Å². The van der Waals surface area contributed by atoms with Gasteiger partial charge in [-0.05, 0) is 38.1 Å². The monoisotopic (exact) mass is 275 g/mol. The van der Waals surface area contributed by atoms with Crippen LogP contribution in [0.4, 0.5) is 4.39 Å². The lowest BCUT2D eigenvalue weighted by atomic mass is 10.3. The first-order valence-electron chi connectivity index (χ1n) is 5.95. The second kappa shape index (κ2) is 8.29. The molecule has 0 saturated heterocycles. The molecule has 0 saturated carbocycles. The lowest BCUT2D eigenvalue weighted by Crippen LogP contribution is -2.30. The Morgan fingerprint density at radius 1 is 1.44 bits per heavy atom. The smallest absolute Gasteiger partial charge is 0.138 e. The molecule has 0 amide bonds. The molecule has 0 aliphatic carbocycles. The molecule has 18 heavy (non-hydrogen) atoms. The molecule has 1 N–H and O–H groups in total. The quantitative estimate of drug-likeness (QED) is 0.740. The molecule has 3 nitrogen and oxygen atoms in total. The third kappa shape index (κ3) is 5.67. The van der Waals surface area contributed by atoms with Gasteiger partial charge in [0.2, 0.25) is 0 Å². The molecule has 0 spiro atoms. The zero-order chi connectivity index (χ0) is 13.4. The molecule has 1 aromatic carbocycles. The minimum Gasteiger partial charge on any atom is -0.488 e. The predicted octanol–water partition coefficient (Wildman–Crippen LogP) is 2.87. The number of ether oxygens (including phenoxy) is 2. The molecule has 102 valence electrons. The fourth-order valence-electron chi connectivity index (χ4n) is 1.48. The Morgan fingerprint density at radius 3 is 2.89 bits per heavy atom. The second-order valence-electron chi connectivity index (χ2n) is 4.05. The molecule has 1 aromatic rings. The molecular formula is C13H19ClFNO2. The third-order valence-corrected chi connectivity index (χ3v) is 2.65. The number of nitrogens with one attached hydrogen (secondary N) is 1. The number of halogens is 2. The summed E-state index contributed by atoms with van der Waals surface area (Å²) in [6, 6.07) is 4.12. The standard InChI is InChI=1S/C13H19ClFNO2/c1-10(9-16-6-3-7-17-2)18-13-5-4-11(15)8-12(13)14/h4-5,8,10,16H,3,6-7,9H2,1-2H3.